The van der Waals surface area contributed by atoms with Crippen molar-refractivity contribution in [3.05, 3.63) is 58.3 Å². The number of carbonyl (C=O) groups excluding carboxylic acids is 1. The van der Waals surface area contributed by atoms with Gasteiger partial charge in [-0.1, -0.05) is 36.4 Å². The zero-order valence-electron chi connectivity index (χ0n) is 16.8. The van der Waals surface area contributed by atoms with Crippen LogP contribution in [0.1, 0.15) is 29.3 Å². The Morgan fingerprint density at radius 1 is 1.25 bits per heavy atom. The van der Waals surface area contributed by atoms with E-state index in [2.05, 4.69) is 44.8 Å². The monoisotopic (exact) mass is 401 g/mol. The second-order valence-electron chi connectivity index (χ2n) is 7.58. The van der Waals surface area contributed by atoms with Gasteiger partial charge in [0.2, 0.25) is 5.91 Å². The first kappa shape index (κ1) is 21.0. The van der Waals surface area contributed by atoms with Gasteiger partial charge < -0.3 is 15.0 Å². The number of carbonyl (C=O) groups is 1. The summed E-state index contributed by atoms with van der Waals surface area (Å²) < 4.78 is 5.80. The fraction of sp³-hybridized carbons (Fsp3) is 0.500. The van der Waals surface area contributed by atoms with Crippen LogP contribution in [0.5, 0.6) is 0 Å². The van der Waals surface area contributed by atoms with Crippen molar-refractivity contribution in [2.75, 3.05) is 40.3 Å². The molecule has 1 N–H and O–H groups in total. The summed E-state index contributed by atoms with van der Waals surface area (Å²) in [7, 11) is 4.09. The van der Waals surface area contributed by atoms with Gasteiger partial charge in [0.25, 0.3) is 0 Å². The van der Waals surface area contributed by atoms with Crippen LogP contribution in [-0.4, -0.2) is 62.1 Å². The zero-order valence-corrected chi connectivity index (χ0v) is 17.7. The third-order valence-corrected chi connectivity index (χ3v) is 5.97. The molecule has 1 aliphatic rings. The van der Waals surface area contributed by atoms with Gasteiger partial charge in [-0.25, -0.2) is 0 Å². The molecule has 0 bridgehead atoms. The van der Waals surface area contributed by atoms with Gasteiger partial charge >= 0.3 is 0 Å². The first-order valence-electron chi connectivity index (χ1n) is 9.96. The molecule has 2 atom stereocenters. The minimum atomic E-state index is 0.0670. The minimum absolute atomic E-state index is 0.0670. The molecule has 1 saturated heterocycles. The van der Waals surface area contributed by atoms with Crippen molar-refractivity contribution in [2.45, 2.75) is 31.5 Å². The summed E-state index contributed by atoms with van der Waals surface area (Å²) in [5.41, 5.74) is 1.21. The van der Waals surface area contributed by atoms with Crippen LogP contribution in [0.15, 0.2) is 47.8 Å². The molecular formula is C22H31N3O2S. The Hall–Kier alpha value is -1.73. The second-order valence-corrected chi connectivity index (χ2v) is 8.61. The van der Waals surface area contributed by atoms with Gasteiger partial charge in [0, 0.05) is 31.1 Å². The molecule has 2 heterocycles. The average molecular weight is 402 g/mol. The topological polar surface area (TPSA) is 44.8 Å². The maximum absolute atomic E-state index is 12.7. The van der Waals surface area contributed by atoms with Crippen LogP contribution < -0.4 is 5.32 Å². The SMILES string of the molecule is CN(C)C(CNC(=O)CN(Cc1cccs1)CC1CCCO1)c1ccccc1. The third kappa shape index (κ3) is 6.41. The van der Waals surface area contributed by atoms with Crippen molar-refractivity contribution in [1.82, 2.24) is 15.1 Å². The molecule has 28 heavy (non-hydrogen) atoms. The molecule has 6 heteroatoms. The van der Waals surface area contributed by atoms with Gasteiger partial charge in [-0.2, -0.15) is 0 Å². The van der Waals surface area contributed by atoms with E-state index >= 15 is 0 Å². The van der Waals surface area contributed by atoms with Crippen LogP contribution in [0.4, 0.5) is 0 Å². The lowest BCUT2D eigenvalue weighted by Crippen LogP contribution is -2.42. The fourth-order valence-corrected chi connectivity index (χ4v) is 4.37. The van der Waals surface area contributed by atoms with Gasteiger partial charge in [0.05, 0.1) is 18.7 Å². The van der Waals surface area contributed by atoms with Gasteiger partial charge in [-0.05, 0) is 43.9 Å². The number of rotatable bonds is 10. The molecule has 2 unspecified atom stereocenters. The van der Waals surface area contributed by atoms with Crippen LogP contribution in [-0.2, 0) is 16.1 Å². The van der Waals surface area contributed by atoms with Crippen LogP contribution in [0.25, 0.3) is 0 Å². The summed E-state index contributed by atoms with van der Waals surface area (Å²) >= 11 is 1.73. The summed E-state index contributed by atoms with van der Waals surface area (Å²) in [6, 6.07) is 14.7. The van der Waals surface area contributed by atoms with Gasteiger partial charge in [0.1, 0.15) is 0 Å². The highest BCUT2D eigenvalue weighted by molar-refractivity contribution is 7.09. The van der Waals surface area contributed by atoms with Crippen molar-refractivity contribution in [3.63, 3.8) is 0 Å². The molecule has 0 saturated carbocycles. The number of ether oxygens (including phenoxy) is 1. The molecule has 1 amide bonds. The average Bonchev–Trinajstić information content (AvgIpc) is 3.36. The van der Waals surface area contributed by atoms with Crippen LogP contribution >= 0.6 is 11.3 Å². The number of nitrogens with zero attached hydrogens (tertiary/aromatic N) is 2. The quantitative estimate of drug-likeness (QED) is 0.664. The zero-order chi connectivity index (χ0) is 19.8. The predicted molar refractivity (Wildman–Crippen MR) is 114 cm³/mol. The van der Waals surface area contributed by atoms with E-state index in [9.17, 15) is 4.79 Å². The lowest BCUT2D eigenvalue weighted by atomic mass is 10.1. The van der Waals surface area contributed by atoms with Crippen LogP contribution in [0.3, 0.4) is 0 Å². The summed E-state index contributed by atoms with van der Waals surface area (Å²) in [6.07, 6.45) is 2.44. The van der Waals surface area contributed by atoms with Gasteiger partial charge in [-0.3, -0.25) is 9.69 Å². The van der Waals surface area contributed by atoms with E-state index in [1.54, 1.807) is 11.3 Å². The minimum Gasteiger partial charge on any atom is -0.377 e. The molecular weight excluding hydrogens is 370 g/mol. The Kier molecular flexibility index (Phi) is 8.03. The maximum atomic E-state index is 12.7. The number of likely N-dealkylation sites (N-methyl/N-ethyl adjacent to an activating group) is 1. The highest BCUT2D eigenvalue weighted by Crippen LogP contribution is 2.18. The lowest BCUT2D eigenvalue weighted by molar-refractivity contribution is -0.122. The summed E-state index contributed by atoms with van der Waals surface area (Å²) in [5, 5.41) is 5.22. The number of hydrogen-bond acceptors (Lipinski definition) is 5. The van der Waals surface area contributed by atoms with Crippen molar-refractivity contribution in [3.8, 4) is 0 Å². The molecule has 2 aromatic rings. The van der Waals surface area contributed by atoms with Crippen LogP contribution in [0, 0.1) is 0 Å². The normalized spacial score (nSPS) is 17.9. The van der Waals surface area contributed by atoms with E-state index in [-0.39, 0.29) is 18.1 Å². The molecule has 1 fully saturated rings. The molecule has 1 aliphatic heterocycles. The molecule has 1 aromatic heterocycles. The van der Waals surface area contributed by atoms with Crippen molar-refractivity contribution in [1.29, 1.82) is 0 Å². The Morgan fingerprint density at radius 3 is 2.71 bits per heavy atom. The molecule has 5 nitrogen and oxygen atoms in total. The van der Waals surface area contributed by atoms with Crippen LogP contribution in [0.2, 0.25) is 0 Å². The first-order valence-corrected chi connectivity index (χ1v) is 10.8. The largest absolute Gasteiger partial charge is 0.377 e. The Morgan fingerprint density at radius 2 is 2.07 bits per heavy atom. The summed E-state index contributed by atoms with van der Waals surface area (Å²) in [6.45, 7) is 3.43. The van der Waals surface area contributed by atoms with Gasteiger partial charge in [-0.15, -0.1) is 11.3 Å². The van der Waals surface area contributed by atoms with Crippen molar-refractivity contribution in [2.24, 2.45) is 0 Å². The Labute approximate surface area is 172 Å². The third-order valence-electron chi connectivity index (χ3n) is 5.11. The molecule has 0 aliphatic carbocycles. The number of thiophene rings is 1. The highest BCUT2D eigenvalue weighted by atomic mass is 32.1. The lowest BCUT2D eigenvalue weighted by Gasteiger charge is -2.27. The molecule has 1 aromatic carbocycles. The molecule has 0 radical (unpaired) electrons. The smallest absolute Gasteiger partial charge is 0.234 e. The van der Waals surface area contributed by atoms with E-state index in [1.165, 1.54) is 10.4 Å². The number of benzene rings is 1. The molecule has 152 valence electrons. The first-order chi connectivity index (χ1) is 13.6. The summed E-state index contributed by atoms with van der Waals surface area (Å²) in [4.78, 5) is 18.3. The number of amides is 1. The standard InChI is InChI=1S/C22H31N3O2S/c1-24(2)21(18-8-4-3-5-9-18)14-23-22(26)17-25(15-19-10-6-12-27-19)16-20-11-7-13-28-20/h3-5,7-9,11,13,19,21H,6,10,12,14-17H2,1-2H3,(H,23,26). The van der Waals surface area contributed by atoms with Crippen molar-refractivity contribution < 1.29 is 9.53 Å². The van der Waals surface area contributed by atoms with E-state index in [1.807, 2.05) is 32.3 Å². The van der Waals surface area contributed by atoms with Crippen molar-refractivity contribution >= 4 is 17.2 Å². The Bertz CT molecular complexity index is 700. The highest BCUT2D eigenvalue weighted by Gasteiger charge is 2.22. The Balaban J connectivity index is 1.55. The van der Waals surface area contributed by atoms with Gasteiger partial charge in [0.15, 0.2) is 0 Å². The number of hydrogen-bond donors (Lipinski definition) is 1. The number of nitrogens with one attached hydrogen (secondary N) is 1. The molecule has 3 rings (SSSR count). The van der Waals surface area contributed by atoms with E-state index in [0.29, 0.717) is 13.1 Å². The predicted octanol–water partition coefficient (Wildman–Crippen LogP) is 3.15. The maximum Gasteiger partial charge on any atom is 0.234 e. The summed E-state index contributed by atoms with van der Waals surface area (Å²) in [5.74, 6) is 0.0670. The molecule has 0 spiro atoms. The van der Waals surface area contributed by atoms with E-state index in [4.69, 9.17) is 4.74 Å². The van der Waals surface area contributed by atoms with E-state index < -0.39 is 0 Å². The second kappa shape index (κ2) is 10.7. The fourth-order valence-electron chi connectivity index (χ4n) is 3.63. The van der Waals surface area contributed by atoms with E-state index in [0.717, 1.165) is 32.5 Å².